The second kappa shape index (κ2) is 9.74. The highest BCUT2D eigenvalue weighted by molar-refractivity contribution is 7.17. The van der Waals surface area contributed by atoms with Crippen LogP contribution in [0, 0.1) is 0 Å². The van der Waals surface area contributed by atoms with E-state index in [0.29, 0.717) is 29.7 Å². The fourth-order valence-corrected chi connectivity index (χ4v) is 4.79. The number of ether oxygens (including phenoxy) is 4. The molecule has 3 heterocycles. The molecule has 0 unspecified atom stereocenters. The first-order chi connectivity index (χ1) is 16.2. The predicted molar refractivity (Wildman–Crippen MR) is 129 cm³/mol. The van der Waals surface area contributed by atoms with Crippen molar-refractivity contribution >= 4 is 21.6 Å². The summed E-state index contributed by atoms with van der Waals surface area (Å²) in [6, 6.07) is 15.7. The molecule has 2 aromatic carbocycles. The van der Waals surface area contributed by atoms with Crippen molar-refractivity contribution in [3.63, 3.8) is 0 Å². The summed E-state index contributed by atoms with van der Waals surface area (Å²) >= 11 is 1.60. The molecule has 8 heteroatoms. The summed E-state index contributed by atoms with van der Waals surface area (Å²) in [7, 11) is 3.24. The molecule has 1 aliphatic heterocycles. The summed E-state index contributed by atoms with van der Waals surface area (Å²) in [5.41, 5.74) is 2.15. The Labute approximate surface area is 196 Å². The smallest absolute Gasteiger partial charge is 0.232 e. The van der Waals surface area contributed by atoms with Gasteiger partial charge in [0.25, 0.3) is 0 Å². The topological polar surface area (TPSA) is 65.9 Å². The number of thiophene rings is 1. The van der Waals surface area contributed by atoms with Gasteiger partial charge in [0.05, 0.1) is 39.4 Å². The van der Waals surface area contributed by atoms with Crippen LogP contribution < -0.4 is 14.2 Å². The summed E-state index contributed by atoms with van der Waals surface area (Å²) in [5, 5.41) is 3.02. The first-order valence-electron chi connectivity index (χ1n) is 10.8. The maximum absolute atomic E-state index is 6.38. The zero-order valence-electron chi connectivity index (χ0n) is 18.6. The summed E-state index contributed by atoms with van der Waals surface area (Å²) in [6.07, 6.45) is 0. The first kappa shape index (κ1) is 21.6. The monoisotopic (exact) mass is 463 g/mol. The molecule has 0 amide bonds. The second-order valence-electron chi connectivity index (χ2n) is 7.68. The lowest BCUT2D eigenvalue weighted by atomic mass is 10.1. The number of methoxy groups -OCH3 is 2. The van der Waals surface area contributed by atoms with E-state index in [-0.39, 0.29) is 0 Å². The summed E-state index contributed by atoms with van der Waals surface area (Å²) in [6.45, 7) is 3.84. The fourth-order valence-electron chi connectivity index (χ4n) is 3.84. The van der Waals surface area contributed by atoms with Crippen LogP contribution in [-0.2, 0) is 11.3 Å². The van der Waals surface area contributed by atoms with E-state index in [2.05, 4.69) is 22.4 Å². The van der Waals surface area contributed by atoms with Crippen molar-refractivity contribution < 1.29 is 18.9 Å². The van der Waals surface area contributed by atoms with Gasteiger partial charge in [0.15, 0.2) is 0 Å². The van der Waals surface area contributed by atoms with E-state index in [4.69, 9.17) is 28.9 Å². The van der Waals surface area contributed by atoms with Crippen molar-refractivity contribution in [3.05, 3.63) is 59.7 Å². The number of rotatable bonds is 7. The predicted octanol–water partition coefficient (Wildman–Crippen LogP) is 5.00. The third kappa shape index (κ3) is 4.78. The SMILES string of the molecule is COc1cc(OC)cc(Oc2nc(CN3CCOCC3)nc3scc(-c4ccccc4)c23)c1. The van der Waals surface area contributed by atoms with Crippen molar-refractivity contribution in [1.82, 2.24) is 14.9 Å². The standard InChI is InChI=1S/C25H25N3O4S/c1-29-18-12-19(30-2)14-20(13-18)32-24-23-21(17-6-4-3-5-7-17)16-33-25(23)27-22(26-24)15-28-8-10-31-11-9-28/h3-7,12-14,16H,8-11,15H2,1-2H3. The molecule has 0 aliphatic carbocycles. The number of morpholine rings is 1. The van der Waals surface area contributed by atoms with Crippen molar-refractivity contribution in [3.8, 4) is 34.3 Å². The van der Waals surface area contributed by atoms with Crippen LogP contribution in [0.25, 0.3) is 21.3 Å². The lowest BCUT2D eigenvalue weighted by Crippen LogP contribution is -2.36. The van der Waals surface area contributed by atoms with E-state index in [1.165, 1.54) is 0 Å². The lowest BCUT2D eigenvalue weighted by Gasteiger charge is -2.25. The molecule has 1 saturated heterocycles. The Balaban J connectivity index is 1.59. The van der Waals surface area contributed by atoms with E-state index in [9.17, 15) is 0 Å². The number of fused-ring (bicyclic) bond motifs is 1. The third-order valence-electron chi connectivity index (χ3n) is 5.54. The Morgan fingerprint density at radius 2 is 1.64 bits per heavy atom. The molecule has 0 radical (unpaired) electrons. The summed E-state index contributed by atoms with van der Waals surface area (Å²) in [4.78, 5) is 12.9. The van der Waals surface area contributed by atoms with Crippen molar-refractivity contribution in [2.45, 2.75) is 6.54 Å². The van der Waals surface area contributed by atoms with Crippen LogP contribution in [0.4, 0.5) is 0 Å². The number of benzene rings is 2. The van der Waals surface area contributed by atoms with Gasteiger partial charge in [-0.15, -0.1) is 11.3 Å². The molecule has 2 aromatic heterocycles. The second-order valence-corrected chi connectivity index (χ2v) is 8.54. The highest BCUT2D eigenvalue weighted by Crippen LogP contribution is 2.40. The van der Waals surface area contributed by atoms with Gasteiger partial charge >= 0.3 is 0 Å². The molecule has 5 rings (SSSR count). The zero-order valence-corrected chi connectivity index (χ0v) is 19.4. The zero-order chi connectivity index (χ0) is 22.6. The van der Waals surface area contributed by atoms with Crippen LogP contribution in [0.5, 0.6) is 23.1 Å². The molecular formula is C25H25N3O4S. The van der Waals surface area contributed by atoms with Gasteiger partial charge in [-0.25, -0.2) is 4.98 Å². The fraction of sp³-hybridized carbons (Fsp3) is 0.280. The van der Waals surface area contributed by atoms with Crippen molar-refractivity contribution in [1.29, 1.82) is 0 Å². The summed E-state index contributed by atoms with van der Waals surface area (Å²) < 4.78 is 22.7. The van der Waals surface area contributed by atoms with Gasteiger partial charge in [-0.05, 0) is 5.56 Å². The highest BCUT2D eigenvalue weighted by Gasteiger charge is 2.20. The number of nitrogens with zero attached hydrogens (tertiary/aromatic N) is 3. The van der Waals surface area contributed by atoms with Crippen LogP contribution in [-0.4, -0.2) is 55.4 Å². The molecule has 4 aromatic rings. The Morgan fingerprint density at radius 1 is 0.939 bits per heavy atom. The van der Waals surface area contributed by atoms with E-state index < -0.39 is 0 Å². The normalized spacial score (nSPS) is 14.4. The van der Waals surface area contributed by atoms with Gasteiger partial charge in [0.1, 0.15) is 27.9 Å². The molecule has 0 N–H and O–H groups in total. The average Bonchev–Trinajstić information content (AvgIpc) is 3.29. The van der Waals surface area contributed by atoms with Gasteiger partial charge in [0.2, 0.25) is 5.88 Å². The largest absolute Gasteiger partial charge is 0.496 e. The average molecular weight is 464 g/mol. The Morgan fingerprint density at radius 3 is 2.33 bits per heavy atom. The molecule has 0 bridgehead atoms. The molecule has 0 spiro atoms. The molecule has 170 valence electrons. The van der Waals surface area contributed by atoms with Gasteiger partial charge < -0.3 is 18.9 Å². The molecule has 7 nitrogen and oxygen atoms in total. The molecule has 0 atom stereocenters. The van der Waals surface area contributed by atoms with E-state index in [1.807, 2.05) is 36.4 Å². The minimum atomic E-state index is 0.527. The van der Waals surface area contributed by atoms with Crippen LogP contribution in [0.1, 0.15) is 5.82 Å². The Hall–Kier alpha value is -3.20. The van der Waals surface area contributed by atoms with Gasteiger partial charge in [-0.3, -0.25) is 4.90 Å². The number of aromatic nitrogens is 2. The minimum Gasteiger partial charge on any atom is -0.496 e. The van der Waals surface area contributed by atoms with Crippen LogP contribution in [0.2, 0.25) is 0 Å². The lowest BCUT2D eigenvalue weighted by molar-refractivity contribution is 0.0330. The Kier molecular flexibility index (Phi) is 6.39. The van der Waals surface area contributed by atoms with E-state index in [1.54, 1.807) is 25.6 Å². The number of hydrogen-bond donors (Lipinski definition) is 0. The van der Waals surface area contributed by atoms with Gasteiger partial charge in [-0.1, -0.05) is 30.3 Å². The van der Waals surface area contributed by atoms with Crippen LogP contribution in [0.15, 0.2) is 53.9 Å². The molecule has 1 fully saturated rings. The van der Waals surface area contributed by atoms with E-state index >= 15 is 0 Å². The van der Waals surface area contributed by atoms with Crippen molar-refractivity contribution in [2.24, 2.45) is 0 Å². The minimum absolute atomic E-state index is 0.527. The van der Waals surface area contributed by atoms with Crippen LogP contribution in [0.3, 0.4) is 0 Å². The van der Waals surface area contributed by atoms with Gasteiger partial charge in [-0.2, -0.15) is 4.98 Å². The molecule has 33 heavy (non-hydrogen) atoms. The molecule has 1 aliphatic rings. The molecule has 0 saturated carbocycles. The van der Waals surface area contributed by atoms with Crippen LogP contribution >= 0.6 is 11.3 Å². The van der Waals surface area contributed by atoms with Crippen molar-refractivity contribution in [2.75, 3.05) is 40.5 Å². The summed E-state index contributed by atoms with van der Waals surface area (Å²) in [5.74, 6) is 3.15. The highest BCUT2D eigenvalue weighted by atomic mass is 32.1. The van der Waals surface area contributed by atoms with Gasteiger partial charge in [0, 0.05) is 42.2 Å². The quantitative estimate of drug-likeness (QED) is 0.382. The Bertz CT molecular complexity index is 1220. The third-order valence-corrected chi connectivity index (χ3v) is 6.41. The maximum atomic E-state index is 6.38. The number of hydrogen-bond acceptors (Lipinski definition) is 8. The van der Waals surface area contributed by atoms with E-state index in [0.717, 1.165) is 53.5 Å². The maximum Gasteiger partial charge on any atom is 0.232 e. The molecular weight excluding hydrogens is 438 g/mol. The first-order valence-corrected chi connectivity index (χ1v) is 11.7.